The van der Waals surface area contributed by atoms with E-state index in [1.54, 1.807) is 0 Å². The van der Waals surface area contributed by atoms with E-state index in [1.807, 2.05) is 36.1 Å². The molecular formula is C22H23F2N5O. The third-order valence-electron chi connectivity index (χ3n) is 6.18. The Kier molecular flexibility index (Phi) is 4.73. The average Bonchev–Trinajstić information content (AvgIpc) is 3.39. The third kappa shape index (κ3) is 3.25. The van der Waals surface area contributed by atoms with Crippen LogP contribution in [-0.4, -0.2) is 62.5 Å². The van der Waals surface area contributed by atoms with Crippen molar-refractivity contribution in [2.24, 2.45) is 0 Å². The fourth-order valence-electron chi connectivity index (χ4n) is 4.51. The second kappa shape index (κ2) is 7.43. The summed E-state index contributed by atoms with van der Waals surface area (Å²) in [6.07, 6.45) is 0.882. The van der Waals surface area contributed by atoms with Crippen molar-refractivity contribution in [3.63, 3.8) is 0 Å². The van der Waals surface area contributed by atoms with E-state index in [4.69, 9.17) is 0 Å². The van der Waals surface area contributed by atoms with E-state index in [-0.39, 0.29) is 22.8 Å². The van der Waals surface area contributed by atoms with Crippen LogP contribution in [0.25, 0.3) is 16.9 Å². The zero-order valence-corrected chi connectivity index (χ0v) is 16.8. The molecule has 1 atom stereocenters. The normalized spacial score (nSPS) is 19.6. The van der Waals surface area contributed by atoms with Gasteiger partial charge in [-0.25, -0.2) is 18.3 Å². The minimum atomic E-state index is -2.73. The van der Waals surface area contributed by atoms with Crippen LogP contribution >= 0.6 is 0 Å². The smallest absolute Gasteiger partial charge is 0.280 e. The van der Waals surface area contributed by atoms with Gasteiger partial charge in [-0.15, -0.1) is 0 Å². The molecule has 0 unspecified atom stereocenters. The van der Waals surface area contributed by atoms with E-state index >= 15 is 0 Å². The van der Waals surface area contributed by atoms with Crippen LogP contribution in [0.3, 0.4) is 0 Å². The van der Waals surface area contributed by atoms with Crippen LogP contribution in [0.15, 0.2) is 36.5 Å². The molecule has 0 aliphatic carbocycles. The monoisotopic (exact) mass is 411 g/mol. The molecule has 156 valence electrons. The minimum absolute atomic E-state index is 0.183. The van der Waals surface area contributed by atoms with Crippen molar-refractivity contribution in [2.45, 2.75) is 32.2 Å². The van der Waals surface area contributed by atoms with Gasteiger partial charge >= 0.3 is 0 Å². The van der Waals surface area contributed by atoms with Crippen molar-refractivity contribution < 1.29 is 13.6 Å². The number of hydrogen-bond acceptors (Lipinski definition) is 4. The molecule has 5 rings (SSSR count). The lowest BCUT2D eigenvalue weighted by Gasteiger charge is -2.37. The summed E-state index contributed by atoms with van der Waals surface area (Å²) in [6.45, 7) is 5.19. The Morgan fingerprint density at radius 2 is 1.97 bits per heavy atom. The van der Waals surface area contributed by atoms with Crippen LogP contribution < -0.4 is 0 Å². The van der Waals surface area contributed by atoms with E-state index in [2.05, 4.69) is 15.0 Å². The number of aryl methyl sites for hydroxylation is 1. The highest BCUT2D eigenvalue weighted by molar-refractivity contribution is 6.00. The van der Waals surface area contributed by atoms with E-state index in [0.717, 1.165) is 41.6 Å². The Balaban J connectivity index is 1.55. The van der Waals surface area contributed by atoms with Crippen LogP contribution in [0.4, 0.5) is 8.78 Å². The molecule has 3 aromatic rings. The number of rotatable bonds is 3. The van der Waals surface area contributed by atoms with Crippen LogP contribution in [0.2, 0.25) is 0 Å². The Bertz CT molecular complexity index is 1090. The predicted octanol–water partition coefficient (Wildman–Crippen LogP) is 3.56. The Morgan fingerprint density at radius 1 is 1.17 bits per heavy atom. The number of carbonyl (C=O) groups is 1. The number of amides is 1. The Hall–Kier alpha value is -2.87. The molecule has 1 amide bonds. The molecule has 8 heteroatoms. The van der Waals surface area contributed by atoms with Gasteiger partial charge in [-0.1, -0.05) is 29.8 Å². The van der Waals surface area contributed by atoms with Gasteiger partial charge in [-0.3, -0.25) is 9.69 Å². The van der Waals surface area contributed by atoms with Gasteiger partial charge in [0.1, 0.15) is 11.3 Å². The van der Waals surface area contributed by atoms with Gasteiger partial charge in [0.2, 0.25) is 0 Å². The van der Waals surface area contributed by atoms with E-state index in [0.29, 0.717) is 24.8 Å². The molecule has 30 heavy (non-hydrogen) atoms. The SMILES string of the molecule is Cc1ccc(-c2cc(C(F)F)n3ncc(C(=O)N4CCN5CCC[C@@H]5C4)c3n2)cc1. The molecule has 2 saturated heterocycles. The highest BCUT2D eigenvalue weighted by atomic mass is 19.3. The first-order valence-corrected chi connectivity index (χ1v) is 10.3. The molecule has 0 bridgehead atoms. The summed E-state index contributed by atoms with van der Waals surface area (Å²) in [5, 5.41) is 4.09. The summed E-state index contributed by atoms with van der Waals surface area (Å²) < 4.78 is 28.7. The van der Waals surface area contributed by atoms with Crippen molar-refractivity contribution in [3.8, 4) is 11.3 Å². The maximum atomic E-state index is 13.8. The lowest BCUT2D eigenvalue weighted by atomic mass is 10.1. The summed E-state index contributed by atoms with van der Waals surface area (Å²) >= 11 is 0. The van der Waals surface area contributed by atoms with E-state index in [1.165, 1.54) is 12.3 Å². The molecular weight excluding hydrogens is 388 g/mol. The molecule has 2 aliphatic heterocycles. The first-order valence-electron chi connectivity index (χ1n) is 10.3. The van der Waals surface area contributed by atoms with Crippen molar-refractivity contribution in [1.29, 1.82) is 0 Å². The fraction of sp³-hybridized carbons (Fsp3) is 0.409. The molecule has 0 spiro atoms. The molecule has 0 N–H and O–H groups in total. The number of piperazine rings is 1. The zero-order valence-electron chi connectivity index (χ0n) is 16.8. The standard InChI is InChI=1S/C22H23F2N5O/c1-14-4-6-15(7-5-14)18-11-19(20(23)24)29-21(26-18)17(12-25-29)22(30)28-10-9-27-8-2-3-16(27)13-28/h4-7,11-12,16,20H,2-3,8-10,13H2,1H3/t16-/m1/s1. The number of benzene rings is 1. The lowest BCUT2D eigenvalue weighted by molar-refractivity contribution is 0.0573. The molecule has 6 nitrogen and oxygen atoms in total. The van der Waals surface area contributed by atoms with Crippen molar-refractivity contribution in [1.82, 2.24) is 24.4 Å². The largest absolute Gasteiger partial charge is 0.336 e. The zero-order chi connectivity index (χ0) is 20.8. The molecule has 2 aromatic heterocycles. The average molecular weight is 411 g/mol. The van der Waals surface area contributed by atoms with E-state index < -0.39 is 6.43 Å². The second-order valence-corrected chi connectivity index (χ2v) is 8.11. The summed E-state index contributed by atoms with van der Waals surface area (Å²) in [7, 11) is 0. The number of nitrogens with zero attached hydrogens (tertiary/aromatic N) is 5. The van der Waals surface area contributed by atoms with Gasteiger partial charge in [-0.2, -0.15) is 5.10 Å². The summed E-state index contributed by atoms with van der Waals surface area (Å²) in [5.41, 5.74) is 2.40. The third-order valence-corrected chi connectivity index (χ3v) is 6.18. The Morgan fingerprint density at radius 3 is 2.73 bits per heavy atom. The molecule has 2 aliphatic rings. The predicted molar refractivity (Wildman–Crippen MR) is 109 cm³/mol. The number of carbonyl (C=O) groups excluding carboxylic acids is 1. The van der Waals surface area contributed by atoms with Gasteiger partial charge in [0.15, 0.2) is 5.65 Å². The highest BCUT2D eigenvalue weighted by Crippen LogP contribution is 2.28. The molecule has 2 fully saturated rings. The minimum Gasteiger partial charge on any atom is -0.336 e. The van der Waals surface area contributed by atoms with Crippen molar-refractivity contribution in [2.75, 3.05) is 26.2 Å². The van der Waals surface area contributed by atoms with Crippen LogP contribution in [-0.2, 0) is 0 Å². The number of alkyl halides is 2. The number of hydrogen-bond donors (Lipinski definition) is 0. The maximum Gasteiger partial charge on any atom is 0.280 e. The number of aromatic nitrogens is 3. The first kappa shape index (κ1) is 19.1. The second-order valence-electron chi connectivity index (χ2n) is 8.11. The van der Waals surface area contributed by atoms with Gasteiger partial charge in [-0.05, 0) is 32.4 Å². The summed E-state index contributed by atoms with van der Waals surface area (Å²) in [4.78, 5) is 22.1. The van der Waals surface area contributed by atoms with Gasteiger partial charge < -0.3 is 4.90 Å². The fourth-order valence-corrected chi connectivity index (χ4v) is 4.51. The summed E-state index contributed by atoms with van der Waals surface area (Å²) in [5.74, 6) is -0.190. The number of fused-ring (bicyclic) bond motifs is 2. The molecule has 4 heterocycles. The first-order chi connectivity index (χ1) is 14.5. The highest BCUT2D eigenvalue weighted by Gasteiger charge is 2.34. The topological polar surface area (TPSA) is 53.7 Å². The van der Waals surface area contributed by atoms with Crippen molar-refractivity contribution >= 4 is 11.6 Å². The lowest BCUT2D eigenvalue weighted by Crippen LogP contribution is -2.52. The summed E-state index contributed by atoms with van der Waals surface area (Å²) in [6, 6.07) is 9.25. The molecule has 1 aromatic carbocycles. The molecule has 0 radical (unpaired) electrons. The number of halogens is 2. The Labute approximate surface area is 173 Å². The van der Waals surface area contributed by atoms with Crippen molar-refractivity contribution in [3.05, 3.63) is 53.3 Å². The van der Waals surface area contributed by atoms with Crippen LogP contribution in [0, 0.1) is 6.92 Å². The molecule has 0 saturated carbocycles. The van der Waals surface area contributed by atoms with E-state index in [9.17, 15) is 13.6 Å². The van der Waals surface area contributed by atoms with Crippen LogP contribution in [0.1, 0.15) is 40.9 Å². The quantitative estimate of drug-likeness (QED) is 0.661. The maximum absolute atomic E-state index is 13.8. The van der Waals surface area contributed by atoms with Crippen LogP contribution in [0.5, 0.6) is 0 Å². The van der Waals surface area contributed by atoms with Gasteiger partial charge in [0.25, 0.3) is 12.3 Å². The van der Waals surface area contributed by atoms with Gasteiger partial charge in [0, 0.05) is 31.2 Å². The van der Waals surface area contributed by atoms with Gasteiger partial charge in [0.05, 0.1) is 11.9 Å².